The molecule has 0 radical (unpaired) electrons. The highest BCUT2D eigenvalue weighted by Gasteiger charge is 2.13. The van der Waals surface area contributed by atoms with Crippen LogP contribution in [0.2, 0.25) is 5.02 Å². The molecule has 8 heteroatoms. The van der Waals surface area contributed by atoms with Gasteiger partial charge in [-0.1, -0.05) is 27.5 Å². The minimum absolute atomic E-state index is 0.0220. The van der Waals surface area contributed by atoms with Gasteiger partial charge in [-0.15, -0.1) is 0 Å². The Morgan fingerprint density at radius 3 is 2.50 bits per heavy atom. The quantitative estimate of drug-likeness (QED) is 0.336. The monoisotopic (exact) mass is 385 g/mol. The van der Waals surface area contributed by atoms with E-state index in [1.807, 2.05) is 0 Å². The summed E-state index contributed by atoms with van der Waals surface area (Å²) in [6.07, 6.45) is 0. The maximum absolute atomic E-state index is 11.7. The number of carbonyl (C=O) groups is 1. The Bertz CT molecular complexity index is 705. The number of rotatable bonds is 5. The van der Waals surface area contributed by atoms with Gasteiger partial charge in [0.1, 0.15) is 11.5 Å². The molecule has 2 aromatic carbocycles. The maximum atomic E-state index is 11.7. The van der Waals surface area contributed by atoms with Crippen LogP contribution in [0, 0.1) is 10.1 Å². The lowest BCUT2D eigenvalue weighted by molar-refractivity contribution is -0.384. The Kier molecular flexibility index (Phi) is 5.35. The summed E-state index contributed by atoms with van der Waals surface area (Å²) in [5.41, 5.74) is -0.184. The molecule has 114 valence electrons. The number of benzene rings is 2. The van der Waals surface area contributed by atoms with Crippen molar-refractivity contribution in [3.8, 4) is 11.5 Å². The number of hydrogen-bond acceptors (Lipinski definition) is 5. The van der Waals surface area contributed by atoms with Crippen LogP contribution in [0.1, 0.15) is 0 Å². The third kappa shape index (κ3) is 4.44. The molecule has 22 heavy (non-hydrogen) atoms. The van der Waals surface area contributed by atoms with Crippen molar-refractivity contribution in [2.24, 2.45) is 0 Å². The van der Waals surface area contributed by atoms with E-state index in [-0.39, 0.29) is 23.1 Å². The molecule has 0 unspecified atom stereocenters. The van der Waals surface area contributed by atoms with E-state index < -0.39 is 10.9 Å². The summed E-state index contributed by atoms with van der Waals surface area (Å²) < 4.78 is 11.1. The molecule has 0 bridgehead atoms. The molecule has 0 heterocycles. The highest BCUT2D eigenvalue weighted by atomic mass is 79.9. The predicted molar refractivity (Wildman–Crippen MR) is 83.4 cm³/mol. The number of nitrogens with zero attached hydrogens (tertiary/aromatic N) is 1. The van der Waals surface area contributed by atoms with E-state index in [0.29, 0.717) is 5.75 Å². The fourth-order valence-electron chi connectivity index (χ4n) is 1.51. The third-order valence-electron chi connectivity index (χ3n) is 2.52. The lowest BCUT2D eigenvalue weighted by Gasteiger charge is -2.08. The summed E-state index contributed by atoms with van der Waals surface area (Å²) >= 11 is 9.11. The first-order valence-corrected chi connectivity index (χ1v) is 7.16. The van der Waals surface area contributed by atoms with Crippen molar-refractivity contribution in [1.82, 2.24) is 0 Å². The van der Waals surface area contributed by atoms with E-state index in [4.69, 9.17) is 21.1 Å². The zero-order valence-electron chi connectivity index (χ0n) is 11.0. The molecule has 0 N–H and O–H groups in total. The van der Waals surface area contributed by atoms with Crippen LogP contribution in [0.3, 0.4) is 0 Å². The average molecular weight is 387 g/mol. The van der Waals surface area contributed by atoms with Gasteiger partial charge in [0.25, 0.3) is 5.69 Å². The number of nitro benzene ring substituents is 1. The highest BCUT2D eigenvalue weighted by molar-refractivity contribution is 9.10. The van der Waals surface area contributed by atoms with E-state index in [2.05, 4.69) is 15.9 Å². The molecule has 0 amide bonds. The third-order valence-corrected chi connectivity index (χ3v) is 3.34. The maximum Gasteiger partial charge on any atom is 0.349 e. The molecular formula is C14H9BrClNO5. The van der Waals surface area contributed by atoms with Gasteiger partial charge >= 0.3 is 5.97 Å². The standard InChI is InChI=1S/C14H9BrClNO5/c15-9-1-4-11(5-2-9)21-8-14(18)22-13-6-3-10(17(19)20)7-12(13)16/h1-7H,8H2. The topological polar surface area (TPSA) is 78.7 Å². The van der Waals surface area contributed by atoms with Gasteiger partial charge in [-0.25, -0.2) is 4.79 Å². The molecule has 2 rings (SSSR count). The van der Waals surface area contributed by atoms with Gasteiger partial charge in [0, 0.05) is 16.6 Å². The van der Waals surface area contributed by atoms with Crippen molar-refractivity contribution in [1.29, 1.82) is 0 Å². The van der Waals surface area contributed by atoms with Gasteiger partial charge in [-0.3, -0.25) is 10.1 Å². The van der Waals surface area contributed by atoms with Crippen LogP contribution < -0.4 is 9.47 Å². The number of halogens is 2. The van der Waals surface area contributed by atoms with Crippen molar-refractivity contribution in [3.05, 3.63) is 62.1 Å². The SMILES string of the molecule is O=C(COc1ccc(Br)cc1)Oc1ccc([N+](=O)[O-])cc1Cl. The normalized spacial score (nSPS) is 10.1. The number of hydrogen-bond donors (Lipinski definition) is 0. The van der Waals surface area contributed by atoms with E-state index in [1.54, 1.807) is 24.3 Å². The smallest absolute Gasteiger partial charge is 0.349 e. The second-order valence-corrected chi connectivity index (χ2v) is 5.41. The molecule has 0 aromatic heterocycles. The molecule has 0 aliphatic carbocycles. The number of non-ortho nitro benzene ring substituents is 1. The van der Waals surface area contributed by atoms with Crippen molar-refractivity contribution < 1.29 is 19.2 Å². The first-order valence-electron chi connectivity index (χ1n) is 5.98. The van der Waals surface area contributed by atoms with Crippen molar-refractivity contribution in [2.45, 2.75) is 0 Å². The Hall–Kier alpha value is -2.12. The van der Waals surface area contributed by atoms with Gasteiger partial charge < -0.3 is 9.47 Å². The van der Waals surface area contributed by atoms with Crippen molar-refractivity contribution in [3.63, 3.8) is 0 Å². The first-order chi connectivity index (χ1) is 10.5. The van der Waals surface area contributed by atoms with Crippen molar-refractivity contribution in [2.75, 3.05) is 6.61 Å². The number of esters is 1. The van der Waals surface area contributed by atoms with Crippen LogP contribution in [-0.2, 0) is 4.79 Å². The fraction of sp³-hybridized carbons (Fsp3) is 0.0714. The molecule has 0 saturated carbocycles. The number of ether oxygens (including phenoxy) is 2. The predicted octanol–water partition coefficient (Wildman–Crippen LogP) is 4.00. The van der Waals surface area contributed by atoms with E-state index in [9.17, 15) is 14.9 Å². The Morgan fingerprint density at radius 2 is 1.91 bits per heavy atom. The summed E-state index contributed by atoms with van der Waals surface area (Å²) in [6, 6.07) is 10.5. The molecule has 2 aromatic rings. The van der Waals surface area contributed by atoms with Gasteiger partial charge in [0.05, 0.1) is 9.95 Å². The molecule has 0 spiro atoms. The second kappa shape index (κ2) is 7.24. The molecular weight excluding hydrogens is 378 g/mol. The van der Waals surface area contributed by atoms with Gasteiger partial charge in [0.2, 0.25) is 0 Å². The summed E-state index contributed by atoms with van der Waals surface area (Å²) in [4.78, 5) is 21.7. The zero-order chi connectivity index (χ0) is 16.1. The summed E-state index contributed by atoms with van der Waals surface area (Å²) in [7, 11) is 0. The zero-order valence-corrected chi connectivity index (χ0v) is 13.3. The molecule has 0 aliphatic rings. The molecule has 0 saturated heterocycles. The van der Waals surface area contributed by atoms with E-state index >= 15 is 0 Å². The van der Waals surface area contributed by atoms with Crippen LogP contribution in [0.4, 0.5) is 5.69 Å². The lowest BCUT2D eigenvalue weighted by Crippen LogP contribution is -2.17. The Morgan fingerprint density at radius 1 is 1.23 bits per heavy atom. The van der Waals surface area contributed by atoms with Crippen LogP contribution in [0.25, 0.3) is 0 Å². The van der Waals surface area contributed by atoms with Gasteiger partial charge in [-0.2, -0.15) is 0 Å². The fourth-order valence-corrected chi connectivity index (χ4v) is 1.99. The molecule has 0 aliphatic heterocycles. The molecule has 6 nitrogen and oxygen atoms in total. The van der Waals surface area contributed by atoms with Crippen LogP contribution in [0.5, 0.6) is 11.5 Å². The molecule has 0 atom stereocenters. The van der Waals surface area contributed by atoms with Crippen molar-refractivity contribution >= 4 is 39.2 Å². The second-order valence-electron chi connectivity index (χ2n) is 4.09. The van der Waals surface area contributed by atoms with Gasteiger partial charge in [-0.05, 0) is 30.3 Å². The average Bonchev–Trinajstić information content (AvgIpc) is 2.48. The van der Waals surface area contributed by atoms with E-state index in [0.717, 1.165) is 10.5 Å². The minimum Gasteiger partial charge on any atom is -0.482 e. The largest absolute Gasteiger partial charge is 0.482 e. The highest BCUT2D eigenvalue weighted by Crippen LogP contribution is 2.28. The van der Waals surface area contributed by atoms with Gasteiger partial charge in [0.15, 0.2) is 6.61 Å². The first kappa shape index (κ1) is 16.3. The summed E-state index contributed by atoms with van der Waals surface area (Å²) in [6.45, 7) is -0.311. The summed E-state index contributed by atoms with van der Waals surface area (Å²) in [5.74, 6) is -0.120. The van der Waals surface area contributed by atoms with Crippen LogP contribution in [0.15, 0.2) is 46.9 Å². The Balaban J connectivity index is 1.94. The summed E-state index contributed by atoms with van der Waals surface area (Å²) in [5, 5.41) is 10.6. The Labute approximate surface area is 138 Å². The lowest BCUT2D eigenvalue weighted by atomic mass is 10.3. The number of nitro groups is 1. The van der Waals surface area contributed by atoms with Crippen LogP contribution >= 0.6 is 27.5 Å². The van der Waals surface area contributed by atoms with Crippen LogP contribution in [-0.4, -0.2) is 17.5 Å². The minimum atomic E-state index is -0.668. The van der Waals surface area contributed by atoms with E-state index in [1.165, 1.54) is 12.1 Å². The molecule has 0 fully saturated rings. The number of carbonyl (C=O) groups excluding carboxylic acids is 1.